The van der Waals surface area contributed by atoms with E-state index < -0.39 is 0 Å². The summed E-state index contributed by atoms with van der Waals surface area (Å²) in [6.07, 6.45) is 1.72. The lowest BCUT2D eigenvalue weighted by Gasteiger charge is -2.11. The molecule has 3 nitrogen and oxygen atoms in total. The molecule has 3 rings (SSSR count). The Kier molecular flexibility index (Phi) is 2.94. The topological polar surface area (TPSA) is 34.9 Å². The Bertz CT molecular complexity index is 733. The first kappa shape index (κ1) is 11.4. The van der Waals surface area contributed by atoms with Crippen molar-refractivity contribution in [3.8, 4) is 17.1 Å². The Balaban J connectivity index is 2.28. The van der Waals surface area contributed by atoms with Crippen LogP contribution < -0.4 is 5.56 Å². The summed E-state index contributed by atoms with van der Waals surface area (Å²) in [5.74, 6) is 0. The highest BCUT2D eigenvalue weighted by Gasteiger charge is 2.08. The summed E-state index contributed by atoms with van der Waals surface area (Å²) in [6, 6.07) is 20.5. The minimum absolute atomic E-state index is 0.0608. The van der Waals surface area contributed by atoms with E-state index in [0.29, 0.717) is 0 Å². The van der Waals surface area contributed by atoms with Crippen LogP contribution in [-0.2, 0) is 0 Å². The number of nitrogens with zero attached hydrogens (tertiary/aromatic N) is 2. The smallest absolute Gasteiger partial charge is 0.255 e. The molecule has 0 aliphatic heterocycles. The fourth-order valence-corrected chi connectivity index (χ4v) is 2.05. The Hall–Kier alpha value is -2.68. The molecule has 3 aromatic rings. The lowest BCUT2D eigenvalue weighted by molar-refractivity contribution is 0.990. The molecule has 0 radical (unpaired) electrons. The number of hydrogen-bond donors (Lipinski definition) is 0. The van der Waals surface area contributed by atoms with E-state index in [1.807, 2.05) is 54.6 Å². The van der Waals surface area contributed by atoms with Gasteiger partial charge in [0, 0.05) is 18.0 Å². The molecule has 0 N–H and O–H groups in total. The fraction of sp³-hybridized carbons (Fsp3) is 0. The van der Waals surface area contributed by atoms with Gasteiger partial charge in [0.25, 0.3) is 5.56 Å². The number of aromatic nitrogens is 2. The lowest BCUT2D eigenvalue weighted by atomic mass is 10.2. The second kappa shape index (κ2) is 4.90. The summed E-state index contributed by atoms with van der Waals surface area (Å²) in [7, 11) is 0. The zero-order valence-corrected chi connectivity index (χ0v) is 10.2. The third-order valence-corrected chi connectivity index (χ3v) is 2.90. The van der Waals surface area contributed by atoms with Crippen LogP contribution in [0.1, 0.15) is 0 Å². The van der Waals surface area contributed by atoms with E-state index >= 15 is 0 Å². The van der Waals surface area contributed by atoms with Crippen molar-refractivity contribution in [1.29, 1.82) is 0 Å². The zero-order valence-electron chi connectivity index (χ0n) is 10.2. The van der Waals surface area contributed by atoms with Crippen molar-refractivity contribution < 1.29 is 0 Å². The van der Waals surface area contributed by atoms with Gasteiger partial charge in [-0.3, -0.25) is 14.3 Å². The SMILES string of the molecule is O=c1cccc(-c2ccccn2)n1-c1ccccc1. The molecule has 0 saturated heterocycles. The Morgan fingerprint density at radius 1 is 0.789 bits per heavy atom. The Labute approximate surface area is 110 Å². The van der Waals surface area contributed by atoms with Crippen molar-refractivity contribution in [2.75, 3.05) is 0 Å². The minimum atomic E-state index is -0.0608. The predicted molar refractivity (Wildman–Crippen MR) is 75.3 cm³/mol. The Morgan fingerprint density at radius 3 is 2.32 bits per heavy atom. The molecule has 3 heteroatoms. The van der Waals surface area contributed by atoms with E-state index in [0.717, 1.165) is 17.1 Å². The molecule has 2 aromatic heterocycles. The molecule has 0 saturated carbocycles. The second-order valence-electron chi connectivity index (χ2n) is 4.14. The maximum absolute atomic E-state index is 12.1. The first-order valence-corrected chi connectivity index (χ1v) is 6.05. The molecule has 0 unspecified atom stereocenters. The maximum Gasteiger partial charge on any atom is 0.255 e. The van der Waals surface area contributed by atoms with Crippen LogP contribution in [0.5, 0.6) is 0 Å². The highest BCUT2D eigenvalue weighted by Crippen LogP contribution is 2.18. The van der Waals surface area contributed by atoms with Crippen molar-refractivity contribution in [1.82, 2.24) is 9.55 Å². The van der Waals surface area contributed by atoms with Gasteiger partial charge in [0.1, 0.15) is 0 Å². The number of rotatable bonds is 2. The van der Waals surface area contributed by atoms with Gasteiger partial charge in [-0.2, -0.15) is 0 Å². The van der Waals surface area contributed by atoms with Crippen LogP contribution in [0.3, 0.4) is 0 Å². The van der Waals surface area contributed by atoms with Crippen LogP contribution in [-0.4, -0.2) is 9.55 Å². The van der Waals surface area contributed by atoms with Gasteiger partial charge >= 0.3 is 0 Å². The molecule has 0 spiro atoms. The lowest BCUT2D eigenvalue weighted by Crippen LogP contribution is -2.18. The number of hydrogen-bond acceptors (Lipinski definition) is 2. The van der Waals surface area contributed by atoms with Crippen molar-refractivity contribution in [3.63, 3.8) is 0 Å². The summed E-state index contributed by atoms with van der Waals surface area (Å²) in [6.45, 7) is 0. The van der Waals surface area contributed by atoms with E-state index in [1.54, 1.807) is 22.9 Å². The fourth-order valence-electron chi connectivity index (χ4n) is 2.05. The largest absolute Gasteiger partial charge is 0.275 e. The zero-order chi connectivity index (χ0) is 13.1. The van der Waals surface area contributed by atoms with Crippen LogP contribution >= 0.6 is 0 Å². The van der Waals surface area contributed by atoms with Crippen LogP contribution in [0.4, 0.5) is 0 Å². The molecule has 0 fully saturated rings. The molecular formula is C16H12N2O. The van der Waals surface area contributed by atoms with Crippen LogP contribution in [0.2, 0.25) is 0 Å². The number of benzene rings is 1. The maximum atomic E-state index is 12.1. The highest BCUT2D eigenvalue weighted by molar-refractivity contribution is 5.57. The van der Waals surface area contributed by atoms with E-state index in [1.165, 1.54) is 0 Å². The molecule has 19 heavy (non-hydrogen) atoms. The summed E-state index contributed by atoms with van der Waals surface area (Å²) in [4.78, 5) is 16.5. The average Bonchev–Trinajstić information content (AvgIpc) is 2.49. The van der Waals surface area contributed by atoms with Crippen molar-refractivity contribution in [2.45, 2.75) is 0 Å². The average molecular weight is 248 g/mol. The standard InChI is InChI=1S/C16H12N2O/c19-16-11-6-10-15(14-9-4-5-12-17-14)18(16)13-7-2-1-3-8-13/h1-12H. The second-order valence-corrected chi connectivity index (χ2v) is 4.14. The van der Waals surface area contributed by atoms with E-state index in [-0.39, 0.29) is 5.56 Å². The van der Waals surface area contributed by atoms with E-state index in [4.69, 9.17) is 0 Å². The first-order chi connectivity index (χ1) is 9.36. The van der Waals surface area contributed by atoms with Gasteiger partial charge in [0.2, 0.25) is 0 Å². The highest BCUT2D eigenvalue weighted by atomic mass is 16.1. The van der Waals surface area contributed by atoms with Crippen molar-refractivity contribution in [2.24, 2.45) is 0 Å². The summed E-state index contributed by atoms with van der Waals surface area (Å²) < 4.78 is 1.67. The predicted octanol–water partition coefficient (Wildman–Crippen LogP) is 2.90. The summed E-state index contributed by atoms with van der Waals surface area (Å²) >= 11 is 0. The van der Waals surface area contributed by atoms with Crippen LogP contribution in [0.25, 0.3) is 17.1 Å². The van der Waals surface area contributed by atoms with Gasteiger partial charge in [0.05, 0.1) is 11.4 Å². The van der Waals surface area contributed by atoms with Gasteiger partial charge in [-0.25, -0.2) is 0 Å². The molecule has 0 bridgehead atoms. The number of para-hydroxylation sites is 1. The summed E-state index contributed by atoms with van der Waals surface area (Å²) in [5.41, 5.74) is 2.35. The van der Waals surface area contributed by atoms with Gasteiger partial charge in [-0.1, -0.05) is 30.3 Å². The molecule has 0 aliphatic rings. The van der Waals surface area contributed by atoms with E-state index in [2.05, 4.69) is 4.98 Å². The van der Waals surface area contributed by atoms with Crippen molar-refractivity contribution in [3.05, 3.63) is 83.3 Å². The van der Waals surface area contributed by atoms with Gasteiger partial charge in [-0.15, -0.1) is 0 Å². The van der Waals surface area contributed by atoms with E-state index in [9.17, 15) is 4.79 Å². The van der Waals surface area contributed by atoms with Crippen molar-refractivity contribution >= 4 is 0 Å². The normalized spacial score (nSPS) is 10.3. The summed E-state index contributed by atoms with van der Waals surface area (Å²) in [5, 5.41) is 0. The molecule has 2 heterocycles. The molecule has 0 aliphatic carbocycles. The quantitative estimate of drug-likeness (QED) is 0.699. The monoisotopic (exact) mass is 248 g/mol. The molecule has 0 atom stereocenters. The third-order valence-electron chi connectivity index (χ3n) is 2.90. The molecule has 92 valence electrons. The molecular weight excluding hydrogens is 236 g/mol. The first-order valence-electron chi connectivity index (χ1n) is 6.05. The third kappa shape index (κ3) is 2.18. The van der Waals surface area contributed by atoms with Gasteiger partial charge < -0.3 is 0 Å². The van der Waals surface area contributed by atoms with Gasteiger partial charge in [-0.05, 0) is 30.3 Å². The minimum Gasteiger partial charge on any atom is -0.275 e. The molecule has 1 aromatic carbocycles. The molecule has 0 amide bonds. The Morgan fingerprint density at radius 2 is 1.58 bits per heavy atom. The van der Waals surface area contributed by atoms with Crippen LogP contribution in [0.15, 0.2) is 77.7 Å². The van der Waals surface area contributed by atoms with Gasteiger partial charge in [0.15, 0.2) is 0 Å². The number of pyridine rings is 2. The van der Waals surface area contributed by atoms with Crippen LogP contribution in [0, 0.1) is 0 Å².